The molecule has 7 N–H and O–H groups in total. The molecule has 0 spiro atoms. The summed E-state index contributed by atoms with van der Waals surface area (Å²) < 4.78 is 34.6. The Bertz CT molecular complexity index is 3010. The summed E-state index contributed by atoms with van der Waals surface area (Å²) in [7, 11) is 2.92. The molecule has 0 radical (unpaired) electrons. The fourth-order valence-electron chi connectivity index (χ4n) is 9.15. The first-order chi connectivity index (χ1) is 38.3. The van der Waals surface area contributed by atoms with E-state index in [1.807, 2.05) is 6.92 Å². The molecular weight excluding hydrogens is 1040 g/mol. The number of urea groups is 1. The van der Waals surface area contributed by atoms with Crippen LogP contribution in [0, 0.1) is 18.3 Å². The number of carbonyl (C=O) groups excluding carboxylic acids is 7. The number of amides is 7. The lowest BCUT2D eigenvalue weighted by Gasteiger charge is -2.36. The molecule has 2 aromatic heterocycles. The Morgan fingerprint density at radius 3 is 2.25 bits per heavy atom. The Morgan fingerprint density at radius 2 is 1.59 bits per heavy atom. The van der Waals surface area contributed by atoms with E-state index in [4.69, 9.17) is 45.6 Å². The number of rotatable bonds is 28. The number of anilines is 1. The van der Waals surface area contributed by atoms with Crippen LogP contribution in [0.4, 0.5) is 20.1 Å². The van der Waals surface area contributed by atoms with Gasteiger partial charge in [0.05, 0.1) is 62.0 Å². The van der Waals surface area contributed by atoms with Crippen LogP contribution in [0.25, 0.3) is 22.3 Å². The minimum Gasteiger partial charge on any atom is -0.508 e. The number of primary amides is 1. The molecular formula is C56H71N9O15. The summed E-state index contributed by atoms with van der Waals surface area (Å²) >= 11 is 0. The van der Waals surface area contributed by atoms with E-state index < -0.39 is 65.2 Å². The van der Waals surface area contributed by atoms with E-state index in [-0.39, 0.29) is 114 Å². The number of esters is 1. The average molecular weight is 1110 g/mol. The van der Waals surface area contributed by atoms with Crippen LogP contribution < -0.4 is 32.6 Å². The molecule has 2 aromatic carbocycles. The van der Waals surface area contributed by atoms with Crippen LogP contribution >= 0.6 is 0 Å². The van der Waals surface area contributed by atoms with E-state index in [9.17, 15) is 43.5 Å². The summed E-state index contributed by atoms with van der Waals surface area (Å²) in [5.74, 6) is -0.332. The second-order valence-corrected chi connectivity index (χ2v) is 19.5. The number of phenolic OH excluding ortho intramolecular Hbond substituents is 1. The van der Waals surface area contributed by atoms with Gasteiger partial charge in [-0.1, -0.05) is 45.7 Å². The van der Waals surface area contributed by atoms with Crippen molar-refractivity contribution < 1.29 is 67.1 Å². The van der Waals surface area contributed by atoms with E-state index in [1.54, 1.807) is 73.9 Å². The summed E-state index contributed by atoms with van der Waals surface area (Å²) in [6.07, 6.45) is 4.41. The lowest BCUT2D eigenvalue weighted by atomic mass is 9.85. The number of aromatic nitrogens is 2. The smallest absolute Gasteiger partial charge is 0.411 e. The molecule has 3 atom stereocenters. The molecule has 0 saturated carbocycles. The van der Waals surface area contributed by atoms with Crippen LogP contribution in [0.15, 0.2) is 53.3 Å². The summed E-state index contributed by atoms with van der Waals surface area (Å²) in [5, 5.41) is 21.7. The van der Waals surface area contributed by atoms with Gasteiger partial charge in [0.1, 0.15) is 37.7 Å². The van der Waals surface area contributed by atoms with Crippen LogP contribution in [0.1, 0.15) is 81.2 Å². The highest BCUT2D eigenvalue weighted by atomic mass is 16.6. The second kappa shape index (κ2) is 28.6. The summed E-state index contributed by atoms with van der Waals surface area (Å²) in [6.45, 7) is 8.47. The number of likely N-dealkylation sites (N-methyl/N-ethyl adjacent to an activating group) is 2. The number of nitrogens with two attached hydrogens (primary N) is 1. The standard InChI is InChI=1S/C56H71N9O15/c1-8-23-75-25-27-77-28-26-76-24-19-46(67)62-47(34(4)5)50(69)61-44(12-11-20-58-53(57)72)49(68)59-36-15-13-35(14-16-36)32-79-54(73)63(6)21-22-64(7)55(74)80-56(10-3)42-30-45-48-40(31-65(45)51(70)41(42)33-78-52(56)71)38(9-2)39-29-37(66)17-18-43(39)60-48/h1,13-18,29-30,34,44,47,66H,9-12,19-28,31-33H2,2-7H3,(H,59,68)(H,61,69)(H,62,67)(H3,57,58,72)/t44-,47-,56-/m0/s1. The number of nitrogens with zero attached hydrogens (tertiary/aromatic N) is 4. The Labute approximate surface area is 463 Å². The maximum absolute atomic E-state index is 14.2. The third kappa shape index (κ3) is 15.3. The fourth-order valence-corrected chi connectivity index (χ4v) is 9.15. The van der Waals surface area contributed by atoms with Crippen LogP contribution in [0.5, 0.6) is 5.75 Å². The Morgan fingerprint density at radius 1 is 0.900 bits per heavy atom. The van der Waals surface area contributed by atoms with Crippen molar-refractivity contribution in [1.29, 1.82) is 0 Å². The Kier molecular flexibility index (Phi) is 21.8. The summed E-state index contributed by atoms with van der Waals surface area (Å²) in [4.78, 5) is 113. The Balaban J connectivity index is 0.998. The third-order valence-electron chi connectivity index (χ3n) is 13.6. The molecule has 0 saturated heterocycles. The van der Waals surface area contributed by atoms with Crippen molar-refractivity contribution in [1.82, 2.24) is 35.3 Å². The van der Waals surface area contributed by atoms with E-state index in [1.165, 1.54) is 23.9 Å². The van der Waals surface area contributed by atoms with Crippen molar-refractivity contribution in [2.24, 2.45) is 11.7 Å². The number of phenols is 1. The zero-order chi connectivity index (χ0) is 58.1. The second-order valence-electron chi connectivity index (χ2n) is 19.5. The predicted molar refractivity (Wildman–Crippen MR) is 292 cm³/mol. The number of fused-ring (bicyclic) bond motifs is 5. The molecule has 2 aliphatic heterocycles. The van der Waals surface area contributed by atoms with Crippen molar-refractivity contribution in [3.63, 3.8) is 0 Å². The first-order valence-electron chi connectivity index (χ1n) is 26.4. The quantitative estimate of drug-likeness (QED) is 0.0180. The molecule has 0 bridgehead atoms. The zero-order valence-corrected chi connectivity index (χ0v) is 46.0. The van der Waals surface area contributed by atoms with E-state index in [0.717, 1.165) is 16.5 Å². The summed E-state index contributed by atoms with van der Waals surface area (Å²) in [5.41, 5.74) is 7.54. The number of terminal acetylenes is 1. The molecule has 6 rings (SSSR count). The SMILES string of the molecule is C#CCOCCOCCOCCC(=O)N[C@H](C(=O)N[C@@H](CCCNC(N)=O)C(=O)Nc1ccc(COC(=O)N(C)CCN(C)C(=O)O[C@]2(CC)C(=O)OCc3c2cc2n(c3=O)Cc3c-2nc2ccc(O)cc2c3CC)cc1)C(C)C. The molecule has 24 heteroatoms. The molecule has 4 aromatic rings. The molecule has 80 heavy (non-hydrogen) atoms. The van der Waals surface area contributed by atoms with Gasteiger partial charge in [-0.05, 0) is 79.1 Å². The first-order valence-corrected chi connectivity index (χ1v) is 26.4. The number of cyclic esters (lactones) is 1. The van der Waals surface area contributed by atoms with Crippen LogP contribution in [0.3, 0.4) is 0 Å². The third-order valence-corrected chi connectivity index (χ3v) is 13.6. The highest BCUT2D eigenvalue weighted by Crippen LogP contribution is 2.42. The average Bonchev–Trinajstić information content (AvgIpc) is 3.97. The molecule has 0 fully saturated rings. The normalized spacial score (nSPS) is 14.8. The van der Waals surface area contributed by atoms with Crippen molar-refractivity contribution >= 4 is 58.5 Å². The number of carbonyl (C=O) groups is 7. The number of benzene rings is 2. The minimum absolute atomic E-state index is 0.00314. The number of aryl methyl sites for hydroxylation is 1. The van der Waals surface area contributed by atoms with Crippen LogP contribution in [-0.2, 0) is 79.4 Å². The van der Waals surface area contributed by atoms with Gasteiger partial charge in [-0.3, -0.25) is 19.2 Å². The van der Waals surface area contributed by atoms with Gasteiger partial charge in [0.2, 0.25) is 23.3 Å². The van der Waals surface area contributed by atoms with Gasteiger partial charge < -0.3 is 74.9 Å². The van der Waals surface area contributed by atoms with E-state index in [2.05, 4.69) is 27.2 Å². The maximum Gasteiger partial charge on any atom is 0.411 e. The number of nitrogens with one attached hydrogen (secondary N) is 4. The van der Waals surface area contributed by atoms with Crippen LogP contribution in [-0.4, -0.2) is 152 Å². The maximum atomic E-state index is 14.2. The van der Waals surface area contributed by atoms with Gasteiger partial charge in [0.15, 0.2) is 0 Å². The van der Waals surface area contributed by atoms with Crippen molar-refractivity contribution in [3.05, 3.63) is 86.7 Å². The largest absolute Gasteiger partial charge is 0.508 e. The number of hydrogen-bond acceptors (Lipinski definition) is 16. The first kappa shape index (κ1) is 61.0. The summed E-state index contributed by atoms with van der Waals surface area (Å²) in [6, 6.07) is 10.2. The topological polar surface area (TPSA) is 311 Å². The number of ether oxygens (including phenoxy) is 6. The molecule has 2 aliphatic rings. The van der Waals surface area contributed by atoms with E-state index in [0.29, 0.717) is 47.8 Å². The molecule has 4 heterocycles. The number of hydrogen-bond donors (Lipinski definition) is 6. The molecule has 0 aliphatic carbocycles. The minimum atomic E-state index is -1.97. The molecule has 430 valence electrons. The number of aromatic hydroxyl groups is 1. The van der Waals surface area contributed by atoms with Gasteiger partial charge in [-0.2, -0.15) is 0 Å². The van der Waals surface area contributed by atoms with Gasteiger partial charge in [0, 0.05) is 62.4 Å². The van der Waals surface area contributed by atoms with Gasteiger partial charge in [0.25, 0.3) is 5.56 Å². The zero-order valence-electron chi connectivity index (χ0n) is 46.0. The van der Waals surface area contributed by atoms with Crippen LogP contribution in [0.2, 0.25) is 0 Å². The predicted octanol–water partition coefficient (Wildman–Crippen LogP) is 3.78. The van der Waals surface area contributed by atoms with E-state index >= 15 is 0 Å². The van der Waals surface area contributed by atoms with Gasteiger partial charge >= 0.3 is 24.2 Å². The monoisotopic (exact) mass is 1110 g/mol. The van der Waals surface area contributed by atoms with Gasteiger partial charge in [-0.25, -0.2) is 24.2 Å². The molecule has 24 nitrogen and oxygen atoms in total. The molecule has 7 amide bonds. The highest BCUT2D eigenvalue weighted by Gasteiger charge is 2.51. The lowest BCUT2D eigenvalue weighted by molar-refractivity contribution is -0.173. The fraction of sp³-hybridized carbons (Fsp3) is 0.482. The van der Waals surface area contributed by atoms with Crippen molar-refractivity contribution in [3.8, 4) is 29.5 Å². The highest BCUT2D eigenvalue weighted by molar-refractivity contribution is 5.98. The van der Waals surface area contributed by atoms with Crippen molar-refractivity contribution in [2.75, 3.05) is 78.7 Å². The number of pyridine rings is 2. The lowest BCUT2D eigenvalue weighted by Crippen LogP contribution is -2.54. The van der Waals surface area contributed by atoms with Crippen molar-refractivity contribution in [2.45, 2.75) is 97.2 Å². The Hall–Kier alpha value is -8.27. The van der Waals surface area contributed by atoms with Gasteiger partial charge in [-0.15, -0.1) is 6.42 Å². The molecule has 0 unspecified atom stereocenters.